The summed E-state index contributed by atoms with van der Waals surface area (Å²) in [7, 11) is 0. The van der Waals surface area contributed by atoms with Crippen LogP contribution in [0.25, 0.3) is 0 Å². The highest BCUT2D eigenvalue weighted by atomic mass is 35.5. The van der Waals surface area contributed by atoms with Gasteiger partial charge >= 0.3 is 12.1 Å². The smallest absolute Gasteiger partial charge is 0.416 e. The Morgan fingerprint density at radius 1 is 1.15 bits per heavy atom. The predicted molar refractivity (Wildman–Crippen MR) is 88.4 cm³/mol. The monoisotopic (exact) mass is 383 g/mol. The zero-order valence-electron chi connectivity index (χ0n) is 13.2. The molecule has 0 bridgehead atoms. The van der Waals surface area contributed by atoms with Gasteiger partial charge in [0.1, 0.15) is 0 Å². The standard InChI is InChI=1S/C18H13ClF3NO3/c19-14-5-4-11(18(20,21)22)8-13(14)16(24)23-15-6-3-9-1-2-10(17(25)26)7-12(9)15/h1-2,4-5,7-8,15H,3,6H2,(H,23,24)(H,25,26)/t15-/m1/s1. The molecule has 0 saturated heterocycles. The van der Waals surface area contributed by atoms with E-state index in [2.05, 4.69) is 5.32 Å². The molecule has 2 aromatic carbocycles. The number of carboxylic acid groups (broad SMARTS) is 1. The lowest BCUT2D eigenvalue weighted by Crippen LogP contribution is -2.28. The maximum absolute atomic E-state index is 12.9. The van der Waals surface area contributed by atoms with Crippen molar-refractivity contribution in [2.75, 3.05) is 0 Å². The summed E-state index contributed by atoms with van der Waals surface area (Å²) >= 11 is 5.89. The summed E-state index contributed by atoms with van der Waals surface area (Å²) in [6.07, 6.45) is -3.42. The molecule has 136 valence electrons. The second-order valence-electron chi connectivity index (χ2n) is 5.98. The summed E-state index contributed by atoms with van der Waals surface area (Å²) in [6.45, 7) is 0. The number of halogens is 4. The Labute approximate surface area is 151 Å². The minimum Gasteiger partial charge on any atom is -0.478 e. The molecule has 0 saturated carbocycles. The van der Waals surface area contributed by atoms with E-state index in [1.54, 1.807) is 6.07 Å². The van der Waals surface area contributed by atoms with Gasteiger partial charge in [-0.25, -0.2) is 4.79 Å². The summed E-state index contributed by atoms with van der Waals surface area (Å²) in [5.41, 5.74) is 0.398. The van der Waals surface area contributed by atoms with Crippen molar-refractivity contribution in [3.8, 4) is 0 Å². The largest absolute Gasteiger partial charge is 0.478 e. The fraction of sp³-hybridized carbons (Fsp3) is 0.222. The van der Waals surface area contributed by atoms with Crippen LogP contribution in [0.15, 0.2) is 36.4 Å². The third-order valence-electron chi connectivity index (χ3n) is 4.31. The number of amides is 1. The Morgan fingerprint density at radius 2 is 1.88 bits per heavy atom. The normalized spacial score (nSPS) is 16.2. The van der Waals surface area contributed by atoms with Crippen molar-refractivity contribution in [2.45, 2.75) is 25.1 Å². The van der Waals surface area contributed by atoms with Crippen LogP contribution in [0.4, 0.5) is 13.2 Å². The zero-order chi connectivity index (χ0) is 19.1. The molecule has 0 radical (unpaired) electrons. The van der Waals surface area contributed by atoms with Crippen LogP contribution in [0.2, 0.25) is 5.02 Å². The number of benzene rings is 2. The van der Waals surface area contributed by atoms with Gasteiger partial charge in [-0.15, -0.1) is 0 Å². The molecule has 8 heteroatoms. The first-order valence-electron chi connectivity index (χ1n) is 7.70. The van der Waals surface area contributed by atoms with E-state index < -0.39 is 29.7 Å². The number of carboxylic acids is 1. The maximum atomic E-state index is 12.9. The van der Waals surface area contributed by atoms with E-state index >= 15 is 0 Å². The van der Waals surface area contributed by atoms with Crippen molar-refractivity contribution in [1.29, 1.82) is 0 Å². The van der Waals surface area contributed by atoms with Crippen molar-refractivity contribution < 1.29 is 27.9 Å². The molecule has 1 amide bonds. The fourth-order valence-electron chi connectivity index (χ4n) is 3.00. The minimum atomic E-state index is -4.59. The number of rotatable bonds is 3. The summed E-state index contributed by atoms with van der Waals surface area (Å²) in [5.74, 6) is -1.83. The molecule has 2 N–H and O–H groups in total. The van der Waals surface area contributed by atoms with Crippen LogP contribution >= 0.6 is 11.6 Å². The topological polar surface area (TPSA) is 66.4 Å². The van der Waals surface area contributed by atoms with Gasteiger partial charge < -0.3 is 10.4 Å². The number of carbonyl (C=O) groups is 2. The van der Waals surface area contributed by atoms with E-state index in [0.29, 0.717) is 24.5 Å². The van der Waals surface area contributed by atoms with Crippen LogP contribution < -0.4 is 5.32 Å². The molecule has 4 nitrogen and oxygen atoms in total. The summed E-state index contributed by atoms with van der Waals surface area (Å²) in [6, 6.07) is 6.71. The molecule has 3 rings (SSSR count). The van der Waals surface area contributed by atoms with Crippen LogP contribution in [0, 0.1) is 0 Å². The highest BCUT2D eigenvalue weighted by Gasteiger charge is 2.32. The average molecular weight is 384 g/mol. The van der Waals surface area contributed by atoms with Crippen molar-refractivity contribution in [2.24, 2.45) is 0 Å². The first-order chi connectivity index (χ1) is 12.2. The quantitative estimate of drug-likeness (QED) is 0.821. The molecule has 26 heavy (non-hydrogen) atoms. The third kappa shape index (κ3) is 3.53. The number of carbonyl (C=O) groups excluding carboxylic acids is 1. The lowest BCUT2D eigenvalue weighted by atomic mass is 10.0. The highest BCUT2D eigenvalue weighted by molar-refractivity contribution is 6.33. The number of aryl methyl sites for hydroxylation is 1. The van der Waals surface area contributed by atoms with Gasteiger partial charge in [0.15, 0.2) is 0 Å². The first-order valence-corrected chi connectivity index (χ1v) is 8.08. The number of fused-ring (bicyclic) bond motifs is 1. The molecule has 0 fully saturated rings. The predicted octanol–water partition coefficient (Wildman–Crippen LogP) is 4.47. The number of aromatic carboxylic acids is 1. The van der Waals surface area contributed by atoms with Crippen molar-refractivity contribution in [1.82, 2.24) is 5.32 Å². The van der Waals surface area contributed by atoms with E-state index in [1.807, 2.05) is 0 Å². The van der Waals surface area contributed by atoms with Crippen molar-refractivity contribution >= 4 is 23.5 Å². The van der Waals surface area contributed by atoms with Crippen LogP contribution in [-0.4, -0.2) is 17.0 Å². The van der Waals surface area contributed by atoms with Crippen LogP contribution in [0.3, 0.4) is 0 Å². The van der Waals surface area contributed by atoms with E-state index in [-0.39, 0.29) is 16.1 Å². The second-order valence-corrected chi connectivity index (χ2v) is 6.38. The number of nitrogens with one attached hydrogen (secondary N) is 1. The Bertz CT molecular complexity index is 896. The van der Waals surface area contributed by atoms with Crippen LogP contribution in [-0.2, 0) is 12.6 Å². The fourth-order valence-corrected chi connectivity index (χ4v) is 3.20. The number of alkyl halides is 3. The Kier molecular flexibility index (Phi) is 4.66. The third-order valence-corrected chi connectivity index (χ3v) is 4.64. The summed E-state index contributed by atoms with van der Waals surface area (Å²) < 4.78 is 38.6. The van der Waals surface area contributed by atoms with E-state index in [1.165, 1.54) is 12.1 Å². The molecule has 0 spiro atoms. The second kappa shape index (κ2) is 6.64. The number of hydrogen-bond donors (Lipinski definition) is 2. The van der Waals surface area contributed by atoms with Crippen LogP contribution in [0.5, 0.6) is 0 Å². The minimum absolute atomic E-state index is 0.0852. The molecule has 0 heterocycles. The lowest BCUT2D eigenvalue weighted by Gasteiger charge is -2.16. The molecule has 1 atom stereocenters. The van der Waals surface area contributed by atoms with E-state index in [9.17, 15) is 22.8 Å². The van der Waals surface area contributed by atoms with Crippen molar-refractivity contribution in [3.63, 3.8) is 0 Å². The Hall–Kier alpha value is -2.54. The van der Waals surface area contributed by atoms with Crippen LogP contribution in [0.1, 0.15) is 49.9 Å². The molecule has 0 unspecified atom stereocenters. The Morgan fingerprint density at radius 3 is 2.54 bits per heavy atom. The van der Waals surface area contributed by atoms with E-state index in [0.717, 1.165) is 17.7 Å². The molecule has 1 aliphatic rings. The molecule has 2 aromatic rings. The Balaban J connectivity index is 1.87. The van der Waals surface area contributed by atoms with Gasteiger partial charge in [0.05, 0.1) is 27.8 Å². The molecule has 0 aliphatic heterocycles. The van der Waals surface area contributed by atoms with Gasteiger partial charge in [0.25, 0.3) is 5.91 Å². The van der Waals surface area contributed by atoms with Gasteiger partial charge in [-0.3, -0.25) is 4.79 Å². The van der Waals surface area contributed by atoms with Gasteiger partial charge in [0, 0.05) is 0 Å². The van der Waals surface area contributed by atoms with Gasteiger partial charge in [-0.2, -0.15) is 13.2 Å². The SMILES string of the molecule is O=C(O)c1ccc2c(c1)[C@H](NC(=O)c1cc(C(F)(F)F)ccc1Cl)CC2. The maximum Gasteiger partial charge on any atom is 0.416 e. The molecular formula is C18H13ClF3NO3. The highest BCUT2D eigenvalue weighted by Crippen LogP contribution is 2.34. The van der Waals surface area contributed by atoms with Gasteiger partial charge in [-0.05, 0) is 54.3 Å². The lowest BCUT2D eigenvalue weighted by molar-refractivity contribution is -0.137. The average Bonchev–Trinajstić information content (AvgIpc) is 2.96. The number of hydrogen-bond acceptors (Lipinski definition) is 2. The van der Waals surface area contributed by atoms with Gasteiger partial charge in [0.2, 0.25) is 0 Å². The van der Waals surface area contributed by atoms with E-state index in [4.69, 9.17) is 16.7 Å². The summed E-state index contributed by atoms with van der Waals surface area (Å²) in [5, 5.41) is 11.7. The molecule has 0 aromatic heterocycles. The first kappa shape index (κ1) is 18.3. The summed E-state index contributed by atoms with van der Waals surface area (Å²) in [4.78, 5) is 23.6. The van der Waals surface area contributed by atoms with Gasteiger partial charge in [-0.1, -0.05) is 17.7 Å². The molecule has 1 aliphatic carbocycles. The zero-order valence-corrected chi connectivity index (χ0v) is 14.0. The van der Waals surface area contributed by atoms with Crippen molar-refractivity contribution in [3.05, 3.63) is 69.2 Å². The molecular weight excluding hydrogens is 371 g/mol.